The maximum absolute atomic E-state index is 11.6. The Labute approximate surface area is 132 Å². The van der Waals surface area contributed by atoms with E-state index in [0.29, 0.717) is 27.8 Å². The first-order chi connectivity index (χ1) is 9.22. The molecule has 0 saturated carbocycles. The van der Waals surface area contributed by atoms with E-state index in [-0.39, 0.29) is 17.0 Å². The summed E-state index contributed by atoms with van der Waals surface area (Å²) in [4.78, 5) is 22.8. The fourth-order valence-electron chi connectivity index (χ4n) is 2.39. The van der Waals surface area contributed by atoms with Gasteiger partial charge in [-0.05, 0) is 66.2 Å². The highest BCUT2D eigenvalue weighted by molar-refractivity contribution is 6.68. The lowest BCUT2D eigenvalue weighted by Gasteiger charge is -2.19. The van der Waals surface area contributed by atoms with Gasteiger partial charge in [0.2, 0.25) is 5.24 Å². The minimum Gasteiger partial charge on any atom is -0.514 e. The van der Waals surface area contributed by atoms with E-state index in [0.717, 1.165) is 6.26 Å². The summed E-state index contributed by atoms with van der Waals surface area (Å²) < 4.78 is 0. The Balaban J connectivity index is 3.83. The second kappa shape index (κ2) is 6.61. The summed E-state index contributed by atoms with van der Waals surface area (Å²) in [5.41, 5.74) is 3.19. The second-order valence-corrected chi connectivity index (χ2v) is 5.56. The van der Waals surface area contributed by atoms with Crippen molar-refractivity contribution in [2.75, 3.05) is 0 Å². The van der Waals surface area contributed by atoms with Crippen molar-refractivity contribution in [2.24, 2.45) is 0 Å². The molecule has 0 saturated heterocycles. The van der Waals surface area contributed by atoms with Crippen LogP contribution in [0.25, 0.3) is 5.03 Å². The van der Waals surface area contributed by atoms with Crippen LogP contribution < -0.4 is 0 Å². The van der Waals surface area contributed by atoms with Gasteiger partial charge in [0, 0.05) is 17.5 Å². The number of halogens is 3. The van der Waals surface area contributed by atoms with Crippen molar-refractivity contribution >= 4 is 50.3 Å². The van der Waals surface area contributed by atoms with Crippen molar-refractivity contribution in [1.82, 2.24) is 0 Å². The van der Waals surface area contributed by atoms with E-state index < -0.39 is 10.5 Å². The predicted molar refractivity (Wildman–Crippen MR) is 81.9 cm³/mol. The predicted octanol–water partition coefficient (Wildman–Crippen LogP) is 4.39. The average Bonchev–Trinajstić information content (AvgIpc) is 2.33. The molecule has 0 bridgehead atoms. The molecule has 1 aromatic carbocycles. The molecule has 1 aromatic rings. The fourth-order valence-corrected chi connectivity index (χ4v) is 3.09. The molecule has 0 fully saturated rings. The number of aliphatic hydroxyl groups excluding tert-OH is 1. The third-order valence-electron chi connectivity index (χ3n) is 3.27. The zero-order valence-corrected chi connectivity index (χ0v) is 13.4. The molecular weight excluding hydrogens is 323 g/mol. The molecule has 0 unspecified atom stereocenters. The van der Waals surface area contributed by atoms with Gasteiger partial charge < -0.3 is 5.11 Å². The van der Waals surface area contributed by atoms with Crippen molar-refractivity contribution in [3.8, 4) is 0 Å². The Bertz CT molecular complexity index is 619. The maximum Gasteiger partial charge on any atom is 0.252 e. The van der Waals surface area contributed by atoms with Crippen LogP contribution >= 0.6 is 34.8 Å². The molecule has 20 heavy (non-hydrogen) atoms. The molecule has 108 valence electrons. The number of rotatable bonds is 4. The third-order valence-corrected chi connectivity index (χ3v) is 3.88. The van der Waals surface area contributed by atoms with Crippen LogP contribution in [-0.4, -0.2) is 15.6 Å². The molecular formula is C14H13Cl3O3. The van der Waals surface area contributed by atoms with Gasteiger partial charge in [0.05, 0.1) is 11.3 Å². The van der Waals surface area contributed by atoms with Gasteiger partial charge in [0.1, 0.15) is 0 Å². The van der Waals surface area contributed by atoms with E-state index in [4.69, 9.17) is 39.9 Å². The molecule has 0 aliphatic carbocycles. The normalized spacial score (nSPS) is 11.6. The quantitative estimate of drug-likeness (QED) is 0.655. The van der Waals surface area contributed by atoms with Crippen LogP contribution in [0.15, 0.2) is 6.26 Å². The number of hydrogen-bond acceptors (Lipinski definition) is 3. The Morgan fingerprint density at radius 2 is 1.50 bits per heavy atom. The van der Waals surface area contributed by atoms with Gasteiger partial charge in [0.15, 0.2) is 0 Å². The number of aliphatic hydroxyl groups is 1. The molecule has 0 aliphatic heterocycles. The van der Waals surface area contributed by atoms with Crippen LogP contribution in [0.3, 0.4) is 0 Å². The van der Waals surface area contributed by atoms with Gasteiger partial charge in [-0.1, -0.05) is 11.6 Å². The lowest BCUT2D eigenvalue weighted by atomic mass is 9.87. The van der Waals surface area contributed by atoms with Crippen LogP contribution in [0.2, 0.25) is 0 Å². The van der Waals surface area contributed by atoms with Crippen molar-refractivity contribution in [2.45, 2.75) is 27.2 Å². The van der Waals surface area contributed by atoms with E-state index in [1.807, 2.05) is 0 Å². The van der Waals surface area contributed by atoms with Crippen LogP contribution in [0.1, 0.15) is 38.2 Å². The molecule has 0 atom stereocenters. The van der Waals surface area contributed by atoms with Crippen molar-refractivity contribution in [1.29, 1.82) is 0 Å². The van der Waals surface area contributed by atoms with Gasteiger partial charge in [0.25, 0.3) is 5.24 Å². The molecule has 3 nitrogen and oxygen atoms in total. The highest BCUT2D eigenvalue weighted by Gasteiger charge is 2.22. The third kappa shape index (κ3) is 3.17. The average molecular weight is 336 g/mol. The number of carbonyl (C=O) groups is 2. The summed E-state index contributed by atoms with van der Waals surface area (Å²) in [6.07, 6.45) is 0.695. The number of benzene rings is 1. The summed E-state index contributed by atoms with van der Waals surface area (Å²) in [6, 6.07) is 0. The first kappa shape index (κ1) is 17.0. The minimum absolute atomic E-state index is 0.0424. The molecule has 0 amide bonds. The van der Waals surface area contributed by atoms with E-state index in [2.05, 4.69) is 0 Å². The van der Waals surface area contributed by atoms with Crippen molar-refractivity contribution in [3.05, 3.63) is 39.6 Å². The second-order valence-electron chi connectivity index (χ2n) is 4.39. The zero-order valence-electron chi connectivity index (χ0n) is 11.2. The summed E-state index contributed by atoms with van der Waals surface area (Å²) in [5, 5.41) is 7.98. The van der Waals surface area contributed by atoms with Gasteiger partial charge in [-0.25, -0.2) is 0 Å². The zero-order chi connectivity index (χ0) is 15.6. The summed E-state index contributed by atoms with van der Waals surface area (Å²) >= 11 is 17.0. The number of carbonyl (C=O) groups excluding carboxylic acids is 2. The standard InChI is InChI=1S/C14H13Cl3O3/c1-6-9(4-11(16)19)7(2)13(14(17)20)8(3)12(6)10(15)5-18/h5,18H,4H2,1-3H3/b10-5-. The van der Waals surface area contributed by atoms with E-state index >= 15 is 0 Å². The Morgan fingerprint density at radius 3 is 1.90 bits per heavy atom. The van der Waals surface area contributed by atoms with Crippen molar-refractivity contribution in [3.63, 3.8) is 0 Å². The minimum atomic E-state index is -0.646. The highest BCUT2D eigenvalue weighted by Crippen LogP contribution is 2.34. The van der Waals surface area contributed by atoms with E-state index in [9.17, 15) is 9.59 Å². The van der Waals surface area contributed by atoms with E-state index in [1.54, 1.807) is 20.8 Å². The Hall–Kier alpha value is -1.03. The largest absolute Gasteiger partial charge is 0.514 e. The first-order valence-corrected chi connectivity index (χ1v) is 6.86. The van der Waals surface area contributed by atoms with Gasteiger partial charge in [-0.15, -0.1) is 0 Å². The van der Waals surface area contributed by atoms with Gasteiger partial charge in [-0.3, -0.25) is 9.59 Å². The van der Waals surface area contributed by atoms with Gasteiger partial charge in [-0.2, -0.15) is 0 Å². The molecule has 1 rings (SSSR count). The maximum atomic E-state index is 11.6. The lowest BCUT2D eigenvalue weighted by molar-refractivity contribution is -0.111. The van der Waals surface area contributed by atoms with Crippen LogP contribution in [-0.2, 0) is 11.2 Å². The lowest BCUT2D eigenvalue weighted by Crippen LogP contribution is -2.10. The Kier molecular flexibility index (Phi) is 5.63. The first-order valence-electron chi connectivity index (χ1n) is 5.73. The fraction of sp³-hybridized carbons (Fsp3) is 0.286. The molecule has 0 spiro atoms. The number of hydrogen-bond donors (Lipinski definition) is 1. The van der Waals surface area contributed by atoms with Gasteiger partial charge >= 0.3 is 0 Å². The van der Waals surface area contributed by atoms with E-state index in [1.165, 1.54) is 0 Å². The van der Waals surface area contributed by atoms with Crippen molar-refractivity contribution < 1.29 is 14.7 Å². The molecule has 0 heterocycles. The van der Waals surface area contributed by atoms with Crippen LogP contribution in [0.5, 0.6) is 0 Å². The molecule has 1 N–H and O–H groups in total. The van der Waals surface area contributed by atoms with Crippen LogP contribution in [0.4, 0.5) is 0 Å². The molecule has 0 radical (unpaired) electrons. The topological polar surface area (TPSA) is 54.4 Å². The molecule has 6 heteroatoms. The highest BCUT2D eigenvalue weighted by atomic mass is 35.5. The SMILES string of the molecule is Cc1c(CC(=O)Cl)c(C)c(/C(Cl)=C/O)c(C)c1C(=O)Cl. The summed E-state index contributed by atoms with van der Waals surface area (Å²) in [7, 11) is 0. The van der Waals surface area contributed by atoms with Crippen LogP contribution in [0, 0.1) is 20.8 Å². The summed E-state index contributed by atoms with van der Waals surface area (Å²) in [6.45, 7) is 5.13. The molecule has 0 aliphatic rings. The monoisotopic (exact) mass is 334 g/mol. The molecule has 0 aromatic heterocycles. The summed E-state index contributed by atoms with van der Waals surface area (Å²) in [5.74, 6) is 0. The smallest absolute Gasteiger partial charge is 0.252 e. The Morgan fingerprint density at radius 1 is 1.00 bits per heavy atom.